The standard InChI is InChI=1S/C20H26FN7O/c1-4-15(11(3)22)25-20-14(21)9-12(18(23)29)19(27-20)26-16-7-6-8-17-13(16)10-24-28(17)5-2/h6-11,15H,4-5,22H2,1-3H3,(H2,23,29)(H2,25,26,27)/t11-,15+/m0/s1. The van der Waals surface area contributed by atoms with Gasteiger partial charge in [0.2, 0.25) is 0 Å². The lowest BCUT2D eigenvalue weighted by Crippen LogP contribution is -2.38. The average Bonchev–Trinajstić information content (AvgIpc) is 3.11. The molecule has 1 amide bonds. The average molecular weight is 399 g/mol. The molecule has 2 heterocycles. The molecule has 2 aromatic heterocycles. The van der Waals surface area contributed by atoms with Gasteiger partial charge in [-0.05, 0) is 38.5 Å². The summed E-state index contributed by atoms with van der Waals surface area (Å²) in [6, 6.07) is 6.37. The Labute approximate surface area is 168 Å². The SMILES string of the molecule is CC[C@@H](Nc1nc(Nc2cccc3c2cnn3CC)c(C(N)=O)cc1F)[C@H](C)N. The van der Waals surface area contributed by atoms with Crippen LogP contribution >= 0.6 is 0 Å². The van der Waals surface area contributed by atoms with Gasteiger partial charge in [0, 0.05) is 24.0 Å². The molecule has 8 nitrogen and oxygen atoms in total. The number of pyridine rings is 1. The number of benzene rings is 1. The van der Waals surface area contributed by atoms with Crippen LogP contribution in [0.4, 0.5) is 21.7 Å². The number of fused-ring (bicyclic) bond motifs is 1. The molecule has 0 saturated carbocycles. The molecule has 0 spiro atoms. The van der Waals surface area contributed by atoms with E-state index >= 15 is 0 Å². The van der Waals surface area contributed by atoms with Gasteiger partial charge in [-0.25, -0.2) is 9.37 Å². The second-order valence-corrected chi connectivity index (χ2v) is 6.92. The fraction of sp³-hybridized carbons (Fsp3) is 0.350. The third-order valence-corrected chi connectivity index (χ3v) is 4.88. The van der Waals surface area contributed by atoms with Crippen molar-refractivity contribution < 1.29 is 9.18 Å². The summed E-state index contributed by atoms with van der Waals surface area (Å²) in [7, 11) is 0. The van der Waals surface area contributed by atoms with E-state index in [0.717, 1.165) is 23.5 Å². The van der Waals surface area contributed by atoms with Crippen molar-refractivity contribution in [1.82, 2.24) is 14.8 Å². The van der Waals surface area contributed by atoms with E-state index in [-0.39, 0.29) is 29.3 Å². The number of carbonyl (C=O) groups is 1. The molecule has 0 aliphatic rings. The Morgan fingerprint density at radius 2 is 2.07 bits per heavy atom. The third kappa shape index (κ3) is 4.14. The third-order valence-electron chi connectivity index (χ3n) is 4.88. The van der Waals surface area contributed by atoms with Crippen LogP contribution in [0.5, 0.6) is 0 Å². The van der Waals surface area contributed by atoms with Gasteiger partial charge in [-0.15, -0.1) is 0 Å². The number of halogens is 1. The fourth-order valence-corrected chi connectivity index (χ4v) is 3.25. The molecule has 2 atom stereocenters. The molecule has 6 N–H and O–H groups in total. The highest BCUT2D eigenvalue weighted by molar-refractivity contribution is 6.00. The minimum absolute atomic E-state index is 0.0121. The lowest BCUT2D eigenvalue weighted by atomic mass is 10.1. The van der Waals surface area contributed by atoms with Crippen LogP contribution in [-0.4, -0.2) is 32.8 Å². The zero-order chi connectivity index (χ0) is 21.1. The fourth-order valence-electron chi connectivity index (χ4n) is 3.25. The molecule has 1 aromatic carbocycles. The first-order valence-electron chi connectivity index (χ1n) is 9.59. The minimum atomic E-state index is -0.777. The summed E-state index contributed by atoms with van der Waals surface area (Å²) in [5.74, 6) is -1.27. The first-order valence-corrected chi connectivity index (χ1v) is 9.59. The number of rotatable bonds is 8. The summed E-state index contributed by atoms with van der Waals surface area (Å²) < 4.78 is 16.4. The largest absolute Gasteiger partial charge is 0.365 e. The maximum absolute atomic E-state index is 14.6. The van der Waals surface area contributed by atoms with Crippen LogP contribution in [-0.2, 0) is 6.54 Å². The highest BCUT2D eigenvalue weighted by Gasteiger charge is 2.20. The van der Waals surface area contributed by atoms with E-state index in [9.17, 15) is 9.18 Å². The molecular formula is C20H26FN7O. The van der Waals surface area contributed by atoms with Crippen LogP contribution < -0.4 is 22.1 Å². The molecule has 3 rings (SSSR count). The number of nitrogens with two attached hydrogens (primary N) is 2. The van der Waals surface area contributed by atoms with Crippen molar-refractivity contribution in [2.75, 3.05) is 10.6 Å². The van der Waals surface area contributed by atoms with Crippen molar-refractivity contribution in [2.24, 2.45) is 11.5 Å². The van der Waals surface area contributed by atoms with Crippen molar-refractivity contribution in [3.63, 3.8) is 0 Å². The molecule has 0 unspecified atom stereocenters. The van der Waals surface area contributed by atoms with Crippen molar-refractivity contribution in [3.8, 4) is 0 Å². The van der Waals surface area contributed by atoms with Crippen LogP contribution in [0.3, 0.4) is 0 Å². The van der Waals surface area contributed by atoms with Gasteiger partial charge in [0.25, 0.3) is 5.91 Å². The number of carbonyl (C=O) groups excluding carboxylic acids is 1. The van der Waals surface area contributed by atoms with Gasteiger partial charge in [-0.3, -0.25) is 9.48 Å². The summed E-state index contributed by atoms with van der Waals surface area (Å²) in [6.07, 6.45) is 2.42. The number of amides is 1. The zero-order valence-corrected chi connectivity index (χ0v) is 16.7. The highest BCUT2D eigenvalue weighted by Crippen LogP contribution is 2.29. The van der Waals surface area contributed by atoms with Crippen LogP contribution in [0.15, 0.2) is 30.5 Å². The second-order valence-electron chi connectivity index (χ2n) is 6.92. The lowest BCUT2D eigenvalue weighted by molar-refractivity contribution is 0.100. The summed E-state index contributed by atoms with van der Waals surface area (Å²) in [5, 5.41) is 11.3. The molecule has 0 bridgehead atoms. The number of nitrogens with zero attached hydrogens (tertiary/aromatic N) is 3. The quantitative estimate of drug-likeness (QED) is 0.462. The smallest absolute Gasteiger partial charge is 0.252 e. The molecule has 3 aromatic rings. The first kappa shape index (κ1) is 20.5. The van der Waals surface area contributed by atoms with E-state index in [1.165, 1.54) is 0 Å². The van der Waals surface area contributed by atoms with E-state index in [2.05, 4.69) is 20.7 Å². The maximum atomic E-state index is 14.6. The summed E-state index contributed by atoms with van der Waals surface area (Å²) in [4.78, 5) is 16.2. The van der Waals surface area contributed by atoms with Crippen LogP contribution in [0, 0.1) is 5.82 Å². The highest BCUT2D eigenvalue weighted by atomic mass is 19.1. The van der Waals surface area contributed by atoms with Gasteiger partial charge in [0.1, 0.15) is 5.82 Å². The van der Waals surface area contributed by atoms with Gasteiger partial charge < -0.3 is 22.1 Å². The van der Waals surface area contributed by atoms with Crippen LogP contribution in [0.1, 0.15) is 37.6 Å². The van der Waals surface area contributed by atoms with E-state index in [0.29, 0.717) is 12.1 Å². The summed E-state index contributed by atoms with van der Waals surface area (Å²) in [5.41, 5.74) is 13.0. The minimum Gasteiger partial charge on any atom is -0.365 e. The normalized spacial score (nSPS) is 13.3. The number of hydrogen-bond donors (Lipinski definition) is 4. The van der Waals surface area contributed by atoms with Crippen molar-refractivity contribution >= 4 is 34.1 Å². The molecule has 29 heavy (non-hydrogen) atoms. The Balaban J connectivity index is 2.05. The number of aromatic nitrogens is 3. The Bertz CT molecular complexity index is 1030. The zero-order valence-electron chi connectivity index (χ0n) is 16.7. The van der Waals surface area contributed by atoms with Crippen LogP contribution in [0.2, 0.25) is 0 Å². The monoisotopic (exact) mass is 399 g/mol. The first-order chi connectivity index (χ1) is 13.8. The van der Waals surface area contributed by atoms with Crippen molar-refractivity contribution in [2.45, 2.75) is 45.8 Å². The van der Waals surface area contributed by atoms with E-state index in [1.54, 1.807) is 6.20 Å². The number of hydrogen-bond acceptors (Lipinski definition) is 6. The number of aryl methyl sites for hydroxylation is 1. The molecule has 0 saturated heterocycles. The molecule has 0 aliphatic heterocycles. The topological polar surface area (TPSA) is 124 Å². The molecule has 0 aliphatic carbocycles. The predicted octanol–water partition coefficient (Wildman–Crippen LogP) is 2.97. The Morgan fingerprint density at radius 3 is 2.69 bits per heavy atom. The Hall–Kier alpha value is -3.20. The Morgan fingerprint density at radius 1 is 1.31 bits per heavy atom. The van der Waals surface area contributed by atoms with Crippen molar-refractivity contribution in [1.29, 1.82) is 0 Å². The van der Waals surface area contributed by atoms with Gasteiger partial charge in [-0.1, -0.05) is 13.0 Å². The maximum Gasteiger partial charge on any atom is 0.252 e. The number of nitrogens with one attached hydrogen (secondary N) is 2. The summed E-state index contributed by atoms with van der Waals surface area (Å²) in [6.45, 7) is 6.50. The predicted molar refractivity (Wildman–Crippen MR) is 113 cm³/mol. The van der Waals surface area contributed by atoms with E-state index in [4.69, 9.17) is 11.5 Å². The molecule has 0 fully saturated rings. The molecule has 0 radical (unpaired) electrons. The molecule has 9 heteroatoms. The number of anilines is 3. The van der Waals surface area contributed by atoms with Gasteiger partial charge in [0.15, 0.2) is 11.6 Å². The van der Waals surface area contributed by atoms with E-state index in [1.807, 2.05) is 43.7 Å². The van der Waals surface area contributed by atoms with Gasteiger partial charge >= 0.3 is 0 Å². The van der Waals surface area contributed by atoms with Gasteiger partial charge in [-0.2, -0.15) is 5.10 Å². The number of primary amides is 1. The van der Waals surface area contributed by atoms with E-state index < -0.39 is 11.7 Å². The molecule has 154 valence electrons. The Kier molecular flexibility index (Phi) is 5.97. The lowest BCUT2D eigenvalue weighted by Gasteiger charge is -2.22. The van der Waals surface area contributed by atoms with Crippen molar-refractivity contribution in [3.05, 3.63) is 41.8 Å². The molecular weight excluding hydrogens is 373 g/mol. The summed E-state index contributed by atoms with van der Waals surface area (Å²) >= 11 is 0. The van der Waals surface area contributed by atoms with Gasteiger partial charge in [0.05, 0.1) is 23.0 Å². The second kappa shape index (κ2) is 8.44. The van der Waals surface area contributed by atoms with Crippen LogP contribution in [0.25, 0.3) is 10.9 Å².